The van der Waals surface area contributed by atoms with E-state index in [0.29, 0.717) is 11.4 Å². The van der Waals surface area contributed by atoms with Gasteiger partial charge in [-0.2, -0.15) is 5.10 Å². The van der Waals surface area contributed by atoms with E-state index in [-0.39, 0.29) is 10.9 Å². The molecule has 0 aliphatic rings. The number of benzene rings is 2. The Morgan fingerprint density at radius 1 is 1.21 bits per heavy atom. The van der Waals surface area contributed by atoms with Gasteiger partial charge < -0.3 is 15.2 Å². The van der Waals surface area contributed by atoms with E-state index in [1.807, 2.05) is 0 Å². The van der Waals surface area contributed by atoms with Crippen molar-refractivity contribution < 1.29 is 19.0 Å². The van der Waals surface area contributed by atoms with Gasteiger partial charge in [0.2, 0.25) is 0 Å². The maximum absolute atomic E-state index is 12.8. The van der Waals surface area contributed by atoms with Crippen molar-refractivity contribution >= 4 is 35.2 Å². The van der Waals surface area contributed by atoms with Crippen molar-refractivity contribution in [2.24, 2.45) is 5.10 Å². The molecule has 0 spiro atoms. The molecule has 0 bridgehead atoms. The molecule has 0 atom stereocenters. The van der Waals surface area contributed by atoms with Crippen LogP contribution in [0.4, 0.5) is 10.1 Å². The molecule has 0 aliphatic heterocycles. The van der Waals surface area contributed by atoms with Crippen molar-refractivity contribution in [2.75, 3.05) is 11.9 Å². The summed E-state index contributed by atoms with van der Waals surface area (Å²) in [6, 6.07) is 12.5. The number of nitrogens with zero attached hydrogens (tertiary/aromatic N) is 1. The van der Waals surface area contributed by atoms with Gasteiger partial charge in [0.05, 0.1) is 6.21 Å². The lowest BCUT2D eigenvalue weighted by molar-refractivity contribution is -0.139. The molecular weight excluding hydrogens is 333 g/mol. The van der Waals surface area contributed by atoms with Crippen LogP contribution >= 0.6 is 12.2 Å². The third kappa shape index (κ3) is 6.01. The molecule has 0 saturated carbocycles. The Balaban J connectivity index is 1.81. The van der Waals surface area contributed by atoms with Crippen molar-refractivity contribution in [3.63, 3.8) is 0 Å². The van der Waals surface area contributed by atoms with E-state index in [2.05, 4.69) is 15.8 Å². The minimum absolute atomic E-state index is 0.263. The molecule has 2 rings (SSSR count). The van der Waals surface area contributed by atoms with Gasteiger partial charge in [0.15, 0.2) is 11.7 Å². The van der Waals surface area contributed by atoms with Gasteiger partial charge in [-0.05, 0) is 66.3 Å². The number of nitrogens with one attached hydrogen (secondary N) is 2. The fraction of sp³-hybridized carbons (Fsp3) is 0.0625. The number of ether oxygens (including phenoxy) is 1. The highest BCUT2D eigenvalue weighted by Crippen LogP contribution is 2.11. The molecule has 2 aromatic rings. The SMILES string of the molecule is O=C(O)COc1ccc(/C=N\NC(=S)Nc2ccc(F)cc2)cc1. The summed E-state index contributed by atoms with van der Waals surface area (Å²) in [6.07, 6.45) is 1.54. The van der Waals surface area contributed by atoms with Crippen LogP contribution in [0.15, 0.2) is 53.6 Å². The topological polar surface area (TPSA) is 83.0 Å². The molecule has 0 fully saturated rings. The molecule has 0 unspecified atom stereocenters. The molecule has 0 aromatic heterocycles. The number of carboxylic acids is 1. The number of carboxylic acid groups (broad SMARTS) is 1. The van der Waals surface area contributed by atoms with E-state index in [4.69, 9.17) is 22.1 Å². The van der Waals surface area contributed by atoms with Crippen LogP contribution in [-0.4, -0.2) is 29.0 Å². The highest BCUT2D eigenvalue weighted by molar-refractivity contribution is 7.80. The number of thiocarbonyl (C=S) groups is 1. The van der Waals surface area contributed by atoms with Crippen LogP contribution in [-0.2, 0) is 4.79 Å². The van der Waals surface area contributed by atoms with Gasteiger partial charge in [0, 0.05) is 5.69 Å². The molecule has 0 saturated heterocycles. The second-order valence-electron chi connectivity index (χ2n) is 4.58. The lowest BCUT2D eigenvalue weighted by Crippen LogP contribution is -2.23. The molecule has 0 amide bonds. The van der Waals surface area contributed by atoms with Crippen molar-refractivity contribution in [1.29, 1.82) is 0 Å². The van der Waals surface area contributed by atoms with Crippen LogP contribution in [0.3, 0.4) is 0 Å². The third-order valence-corrected chi connectivity index (χ3v) is 2.92. The molecule has 6 nitrogen and oxygen atoms in total. The van der Waals surface area contributed by atoms with Gasteiger partial charge in [0.25, 0.3) is 0 Å². The Kier molecular flexibility index (Phi) is 6.21. The van der Waals surface area contributed by atoms with Crippen LogP contribution < -0.4 is 15.5 Å². The van der Waals surface area contributed by atoms with Crippen molar-refractivity contribution in [3.8, 4) is 5.75 Å². The number of anilines is 1. The summed E-state index contributed by atoms with van der Waals surface area (Å²) in [7, 11) is 0. The largest absolute Gasteiger partial charge is 0.482 e. The first-order chi connectivity index (χ1) is 11.5. The molecule has 0 heterocycles. The first-order valence-electron chi connectivity index (χ1n) is 6.83. The minimum Gasteiger partial charge on any atom is -0.482 e. The monoisotopic (exact) mass is 347 g/mol. The maximum atomic E-state index is 12.8. The highest BCUT2D eigenvalue weighted by atomic mass is 32.1. The predicted molar refractivity (Wildman–Crippen MR) is 92.9 cm³/mol. The van der Waals surface area contributed by atoms with Gasteiger partial charge in [-0.1, -0.05) is 0 Å². The lowest BCUT2D eigenvalue weighted by Gasteiger charge is -2.06. The van der Waals surface area contributed by atoms with Crippen LogP contribution in [0.5, 0.6) is 5.75 Å². The standard InChI is InChI=1S/C16H14FN3O3S/c17-12-3-5-13(6-4-12)19-16(24)20-18-9-11-1-7-14(8-2-11)23-10-15(21)22/h1-9H,10H2,(H,21,22)(H2,19,20,24)/b18-9-. The van der Waals surface area contributed by atoms with E-state index < -0.39 is 12.6 Å². The molecule has 3 N–H and O–H groups in total. The zero-order valence-electron chi connectivity index (χ0n) is 12.4. The van der Waals surface area contributed by atoms with E-state index in [9.17, 15) is 9.18 Å². The quantitative estimate of drug-likeness (QED) is 0.423. The summed E-state index contributed by atoms with van der Waals surface area (Å²) in [5.74, 6) is -0.906. The highest BCUT2D eigenvalue weighted by Gasteiger charge is 1.99. The van der Waals surface area contributed by atoms with Crippen molar-refractivity contribution in [1.82, 2.24) is 5.43 Å². The summed E-state index contributed by atoms with van der Waals surface area (Å²) < 4.78 is 17.8. The average Bonchev–Trinajstić information content (AvgIpc) is 2.56. The molecule has 24 heavy (non-hydrogen) atoms. The Morgan fingerprint density at radius 3 is 2.50 bits per heavy atom. The first kappa shape index (κ1) is 17.4. The summed E-state index contributed by atoms with van der Waals surface area (Å²) >= 11 is 5.06. The zero-order chi connectivity index (χ0) is 17.4. The normalized spacial score (nSPS) is 10.4. The smallest absolute Gasteiger partial charge is 0.341 e. The second kappa shape index (κ2) is 8.59. The molecule has 2 aromatic carbocycles. The van der Waals surface area contributed by atoms with Gasteiger partial charge in [0.1, 0.15) is 11.6 Å². The summed E-state index contributed by atoms with van der Waals surface area (Å²) in [5, 5.41) is 15.6. The Hall–Kier alpha value is -3.00. The van der Waals surface area contributed by atoms with Gasteiger partial charge in [-0.3, -0.25) is 5.43 Å². The van der Waals surface area contributed by atoms with E-state index >= 15 is 0 Å². The summed E-state index contributed by atoms with van der Waals surface area (Å²) in [6.45, 7) is -0.391. The zero-order valence-corrected chi connectivity index (χ0v) is 13.2. The Bertz CT molecular complexity index is 733. The lowest BCUT2D eigenvalue weighted by atomic mass is 10.2. The van der Waals surface area contributed by atoms with Crippen LogP contribution in [0.2, 0.25) is 0 Å². The maximum Gasteiger partial charge on any atom is 0.341 e. The predicted octanol–water partition coefficient (Wildman–Crippen LogP) is 2.61. The number of hydrogen-bond donors (Lipinski definition) is 3. The number of hydrogen-bond acceptors (Lipinski definition) is 4. The number of halogens is 1. The fourth-order valence-electron chi connectivity index (χ4n) is 1.65. The van der Waals surface area contributed by atoms with Crippen LogP contribution in [0.1, 0.15) is 5.56 Å². The van der Waals surface area contributed by atoms with E-state index in [1.54, 1.807) is 42.6 Å². The Labute approximate surface area is 143 Å². The Morgan fingerprint density at radius 2 is 1.88 bits per heavy atom. The van der Waals surface area contributed by atoms with Gasteiger partial charge in [-0.25, -0.2) is 9.18 Å². The number of rotatable bonds is 6. The summed E-state index contributed by atoms with van der Waals surface area (Å²) in [4.78, 5) is 10.4. The van der Waals surface area contributed by atoms with Crippen molar-refractivity contribution in [2.45, 2.75) is 0 Å². The van der Waals surface area contributed by atoms with Crippen LogP contribution in [0.25, 0.3) is 0 Å². The van der Waals surface area contributed by atoms with E-state index in [0.717, 1.165) is 5.56 Å². The van der Waals surface area contributed by atoms with Crippen molar-refractivity contribution in [3.05, 3.63) is 59.9 Å². The van der Waals surface area contributed by atoms with E-state index in [1.165, 1.54) is 12.1 Å². The number of hydrazone groups is 1. The van der Waals surface area contributed by atoms with Crippen LogP contribution in [0, 0.1) is 5.82 Å². The minimum atomic E-state index is -1.04. The van der Waals surface area contributed by atoms with Gasteiger partial charge >= 0.3 is 5.97 Å². The molecule has 124 valence electrons. The molecular formula is C16H14FN3O3S. The average molecular weight is 347 g/mol. The van der Waals surface area contributed by atoms with Gasteiger partial charge in [-0.15, -0.1) is 0 Å². The first-order valence-corrected chi connectivity index (χ1v) is 7.24. The number of carbonyl (C=O) groups is 1. The molecule has 0 aliphatic carbocycles. The summed E-state index contributed by atoms with van der Waals surface area (Å²) in [5.41, 5.74) is 4.05. The molecule has 8 heteroatoms. The third-order valence-electron chi connectivity index (χ3n) is 2.72. The fourth-order valence-corrected chi connectivity index (χ4v) is 1.82. The molecule has 0 radical (unpaired) electrons. The second-order valence-corrected chi connectivity index (χ2v) is 4.99. The number of aliphatic carboxylic acids is 1.